The minimum absolute atomic E-state index is 0.156. The van der Waals surface area contributed by atoms with Gasteiger partial charge in [-0.1, -0.05) is 30.3 Å². The SMILES string of the molecule is Cc1ccc([N+](=O)[O-])cc1NC(=O)C(=Cc1ccc(N(C)C)cc1)NC(=O)c1ccccc1F. The van der Waals surface area contributed by atoms with Gasteiger partial charge in [-0.05, 0) is 48.4 Å². The van der Waals surface area contributed by atoms with Gasteiger partial charge < -0.3 is 15.5 Å². The van der Waals surface area contributed by atoms with E-state index >= 15 is 0 Å². The zero-order chi connectivity index (χ0) is 24.8. The number of amides is 2. The number of hydrogen-bond acceptors (Lipinski definition) is 5. The molecule has 2 N–H and O–H groups in total. The molecule has 3 rings (SSSR count). The Balaban J connectivity index is 1.96. The Labute approximate surface area is 195 Å². The first-order chi connectivity index (χ1) is 16.2. The lowest BCUT2D eigenvalue weighted by Gasteiger charge is -2.14. The number of rotatable bonds is 7. The van der Waals surface area contributed by atoms with Crippen LogP contribution in [-0.4, -0.2) is 30.8 Å². The van der Waals surface area contributed by atoms with E-state index in [0.717, 1.165) is 11.8 Å². The highest BCUT2D eigenvalue weighted by atomic mass is 19.1. The summed E-state index contributed by atoms with van der Waals surface area (Å²) < 4.78 is 14.1. The van der Waals surface area contributed by atoms with Gasteiger partial charge in [0.05, 0.1) is 16.2 Å². The molecule has 0 saturated carbocycles. The minimum atomic E-state index is -0.805. The fourth-order valence-electron chi connectivity index (χ4n) is 3.08. The van der Waals surface area contributed by atoms with Crippen molar-refractivity contribution in [3.05, 3.63) is 105 Å². The summed E-state index contributed by atoms with van der Waals surface area (Å²) in [5.74, 6) is -2.25. The topological polar surface area (TPSA) is 105 Å². The molecule has 0 aromatic heterocycles. The van der Waals surface area contributed by atoms with Gasteiger partial charge in [0.1, 0.15) is 11.5 Å². The van der Waals surface area contributed by atoms with E-state index in [9.17, 15) is 24.1 Å². The van der Waals surface area contributed by atoms with Crippen LogP contribution in [0.3, 0.4) is 0 Å². The molecule has 0 saturated heterocycles. The number of anilines is 2. The van der Waals surface area contributed by atoms with E-state index in [0.29, 0.717) is 11.1 Å². The standard InChI is InChI=1S/C25H23FN4O4/c1-16-8-11-19(30(33)34)15-22(16)27-25(32)23(14-17-9-12-18(13-10-17)29(2)3)28-24(31)20-6-4-5-7-21(20)26/h4-15H,1-3H3,(H,27,32)(H,28,31). The zero-order valence-corrected chi connectivity index (χ0v) is 18.8. The molecular formula is C25H23FN4O4. The van der Waals surface area contributed by atoms with Crippen molar-refractivity contribution in [2.75, 3.05) is 24.3 Å². The van der Waals surface area contributed by atoms with Gasteiger partial charge in [0.25, 0.3) is 17.5 Å². The van der Waals surface area contributed by atoms with E-state index in [1.54, 1.807) is 19.1 Å². The van der Waals surface area contributed by atoms with E-state index in [4.69, 9.17) is 0 Å². The van der Waals surface area contributed by atoms with Crippen molar-refractivity contribution in [3.8, 4) is 0 Å². The molecule has 0 aliphatic heterocycles. The molecule has 9 heteroatoms. The summed E-state index contributed by atoms with van der Waals surface area (Å²) in [7, 11) is 3.78. The van der Waals surface area contributed by atoms with Gasteiger partial charge >= 0.3 is 0 Å². The zero-order valence-electron chi connectivity index (χ0n) is 18.8. The van der Waals surface area contributed by atoms with Gasteiger partial charge in [-0.3, -0.25) is 19.7 Å². The summed E-state index contributed by atoms with van der Waals surface area (Å²) in [6.07, 6.45) is 1.44. The maximum Gasteiger partial charge on any atom is 0.272 e. The molecule has 34 heavy (non-hydrogen) atoms. The van der Waals surface area contributed by atoms with Crippen LogP contribution < -0.4 is 15.5 Å². The van der Waals surface area contributed by atoms with Gasteiger partial charge in [0.15, 0.2) is 0 Å². The van der Waals surface area contributed by atoms with Gasteiger partial charge in [0.2, 0.25) is 0 Å². The third-order valence-corrected chi connectivity index (χ3v) is 5.01. The summed E-state index contributed by atoms with van der Waals surface area (Å²) in [5, 5.41) is 16.2. The highest BCUT2D eigenvalue weighted by molar-refractivity contribution is 6.11. The number of non-ortho nitro benzene ring substituents is 1. The monoisotopic (exact) mass is 462 g/mol. The Morgan fingerprint density at radius 1 is 1.03 bits per heavy atom. The van der Waals surface area contributed by atoms with Crippen molar-refractivity contribution in [3.63, 3.8) is 0 Å². The van der Waals surface area contributed by atoms with Gasteiger partial charge in [-0.25, -0.2) is 4.39 Å². The highest BCUT2D eigenvalue weighted by Gasteiger charge is 2.19. The van der Waals surface area contributed by atoms with Crippen LogP contribution in [0.2, 0.25) is 0 Å². The average Bonchev–Trinajstić information content (AvgIpc) is 2.80. The molecular weight excluding hydrogens is 439 g/mol. The molecule has 8 nitrogen and oxygen atoms in total. The van der Waals surface area contributed by atoms with Crippen molar-refractivity contribution in [1.29, 1.82) is 0 Å². The van der Waals surface area contributed by atoms with Crippen LogP contribution >= 0.6 is 0 Å². The lowest BCUT2D eigenvalue weighted by atomic mass is 10.1. The van der Waals surface area contributed by atoms with E-state index in [1.165, 1.54) is 42.5 Å². The molecule has 0 radical (unpaired) electrons. The molecule has 3 aromatic rings. The molecule has 0 fully saturated rings. The number of carbonyl (C=O) groups is 2. The summed E-state index contributed by atoms with van der Waals surface area (Å²) >= 11 is 0. The third-order valence-electron chi connectivity index (χ3n) is 5.01. The predicted octanol–water partition coefficient (Wildman–Crippen LogP) is 4.52. The molecule has 0 aliphatic rings. The van der Waals surface area contributed by atoms with Crippen LogP contribution in [0.15, 0.2) is 72.4 Å². The molecule has 0 unspecified atom stereocenters. The van der Waals surface area contributed by atoms with Gasteiger partial charge in [0, 0.05) is 31.9 Å². The first-order valence-corrected chi connectivity index (χ1v) is 10.3. The Morgan fingerprint density at radius 3 is 2.32 bits per heavy atom. The molecule has 2 amide bonds. The average molecular weight is 462 g/mol. The molecule has 3 aromatic carbocycles. The number of benzene rings is 3. The van der Waals surface area contributed by atoms with E-state index in [1.807, 2.05) is 31.1 Å². The van der Waals surface area contributed by atoms with Gasteiger partial charge in [-0.15, -0.1) is 0 Å². The summed E-state index contributed by atoms with van der Waals surface area (Å²) in [6, 6.07) is 16.7. The lowest BCUT2D eigenvalue weighted by molar-refractivity contribution is -0.384. The molecule has 0 aliphatic carbocycles. The second-order valence-corrected chi connectivity index (χ2v) is 7.69. The maximum atomic E-state index is 14.1. The molecule has 0 heterocycles. The van der Waals surface area contributed by atoms with Crippen LogP contribution in [0.4, 0.5) is 21.5 Å². The van der Waals surface area contributed by atoms with Crippen molar-refractivity contribution in [2.24, 2.45) is 0 Å². The third kappa shape index (κ3) is 5.83. The second-order valence-electron chi connectivity index (χ2n) is 7.69. The number of aryl methyl sites for hydroxylation is 1. The number of nitro benzene ring substituents is 1. The van der Waals surface area contributed by atoms with Crippen molar-refractivity contribution < 1.29 is 18.9 Å². The van der Waals surface area contributed by atoms with Crippen LogP contribution in [0.1, 0.15) is 21.5 Å². The molecule has 0 atom stereocenters. The van der Waals surface area contributed by atoms with Crippen molar-refractivity contribution in [2.45, 2.75) is 6.92 Å². The summed E-state index contributed by atoms with van der Waals surface area (Å²) in [5.41, 5.74) is 1.78. The predicted molar refractivity (Wildman–Crippen MR) is 129 cm³/mol. The second kappa shape index (κ2) is 10.4. The Morgan fingerprint density at radius 2 is 1.71 bits per heavy atom. The van der Waals surface area contributed by atoms with Crippen molar-refractivity contribution >= 4 is 35.0 Å². The first-order valence-electron chi connectivity index (χ1n) is 10.3. The lowest BCUT2D eigenvalue weighted by Crippen LogP contribution is -2.31. The van der Waals surface area contributed by atoms with Crippen molar-refractivity contribution in [1.82, 2.24) is 5.32 Å². The number of hydrogen-bond donors (Lipinski definition) is 2. The highest BCUT2D eigenvalue weighted by Crippen LogP contribution is 2.23. The first kappa shape index (κ1) is 24.1. The van der Waals surface area contributed by atoms with Crippen LogP contribution in [-0.2, 0) is 4.79 Å². The Hall–Kier alpha value is -4.53. The maximum absolute atomic E-state index is 14.1. The van der Waals surface area contributed by atoms with Gasteiger partial charge in [-0.2, -0.15) is 0 Å². The van der Waals surface area contributed by atoms with Crippen LogP contribution in [0, 0.1) is 22.9 Å². The Kier molecular flexibility index (Phi) is 7.37. The summed E-state index contributed by atoms with van der Waals surface area (Å²) in [6.45, 7) is 1.68. The fraction of sp³-hybridized carbons (Fsp3) is 0.120. The molecule has 0 spiro atoms. The number of nitrogens with zero attached hydrogens (tertiary/aromatic N) is 2. The van der Waals surface area contributed by atoms with Crippen LogP contribution in [0.25, 0.3) is 6.08 Å². The number of nitro groups is 1. The normalized spacial score (nSPS) is 11.0. The summed E-state index contributed by atoms with van der Waals surface area (Å²) in [4.78, 5) is 38.3. The fourth-order valence-corrected chi connectivity index (χ4v) is 3.08. The number of nitrogens with one attached hydrogen (secondary N) is 2. The van der Waals surface area contributed by atoms with E-state index < -0.39 is 22.6 Å². The van der Waals surface area contributed by atoms with E-state index in [2.05, 4.69) is 10.6 Å². The largest absolute Gasteiger partial charge is 0.378 e. The molecule has 174 valence electrons. The number of halogens is 1. The van der Waals surface area contributed by atoms with E-state index in [-0.39, 0.29) is 22.6 Å². The quantitative estimate of drug-likeness (QED) is 0.305. The molecule has 0 bridgehead atoms. The minimum Gasteiger partial charge on any atom is -0.378 e. The number of carbonyl (C=O) groups excluding carboxylic acids is 2. The van der Waals surface area contributed by atoms with Crippen LogP contribution in [0.5, 0.6) is 0 Å². The smallest absolute Gasteiger partial charge is 0.272 e. The Bertz CT molecular complexity index is 1270.